The van der Waals surface area contributed by atoms with Gasteiger partial charge in [-0.05, 0) is 30.3 Å². The van der Waals surface area contributed by atoms with Gasteiger partial charge in [-0.1, -0.05) is 28.0 Å². The molecule has 5 heteroatoms. The maximum Gasteiger partial charge on any atom is 0.246 e. The number of benzene rings is 2. The predicted octanol–water partition coefficient (Wildman–Crippen LogP) is 3.38. The number of carbonyl (C=O) groups excluding carboxylic acids is 1. The van der Waals surface area contributed by atoms with Gasteiger partial charge in [-0.3, -0.25) is 9.79 Å². The number of nitrogens with zero attached hydrogens (tertiary/aromatic N) is 1. The van der Waals surface area contributed by atoms with E-state index >= 15 is 0 Å². The number of hydrogen-bond acceptors (Lipinski definition) is 2. The van der Waals surface area contributed by atoms with Crippen molar-refractivity contribution in [3.05, 3.63) is 63.8 Å². The molecule has 2 aromatic carbocycles. The van der Waals surface area contributed by atoms with Crippen molar-refractivity contribution in [2.24, 2.45) is 4.99 Å². The molecule has 3 rings (SSSR count). The Kier molecular flexibility index (Phi) is 2.33. The van der Waals surface area contributed by atoms with Crippen LogP contribution in [-0.4, -0.2) is 18.2 Å². The number of benzodiazepines with no additional fused rings is 1. The lowest BCUT2D eigenvalue weighted by Crippen LogP contribution is -2.13. The average molecular weight is 339 g/mol. The van der Waals surface area contributed by atoms with Crippen LogP contribution < -0.4 is 5.32 Å². The average Bonchev–Trinajstić information content (AvgIpc) is 2.70. The molecule has 0 bridgehead atoms. The Bertz CT molecular complexity index is 888. The Morgan fingerprint density at radius 2 is 2.10 bits per heavy atom. The molecule has 0 aromatic heterocycles. The number of halogens is 2. The molecule has 0 atom stereocenters. The Hall–Kier alpha value is -2.01. The molecule has 0 fully saturated rings. The van der Waals surface area contributed by atoms with E-state index in [0.717, 1.165) is 0 Å². The van der Waals surface area contributed by atoms with E-state index in [9.17, 15) is 9.18 Å². The van der Waals surface area contributed by atoms with E-state index in [4.69, 9.17) is 5.48 Å². The first-order valence-corrected chi connectivity index (χ1v) is 6.51. The molecule has 1 heterocycles. The van der Waals surface area contributed by atoms with E-state index in [1.807, 2.05) is 0 Å². The maximum absolute atomic E-state index is 14.6. The number of nitrogens with one attached hydrogen (secondary N) is 1. The van der Waals surface area contributed by atoms with Crippen molar-refractivity contribution < 1.29 is 14.7 Å². The summed E-state index contributed by atoms with van der Waals surface area (Å²) in [5, 5.41) is 2.64. The first-order valence-electron chi connectivity index (χ1n) is 7.71. The van der Waals surface area contributed by atoms with Crippen molar-refractivity contribution in [1.29, 1.82) is 0 Å². The summed E-state index contributed by atoms with van der Waals surface area (Å²) in [6, 6.07) is 2.40. The number of carbonyl (C=O) groups is 1. The molecule has 20 heavy (non-hydrogen) atoms. The minimum Gasteiger partial charge on any atom is -0.324 e. The van der Waals surface area contributed by atoms with Gasteiger partial charge < -0.3 is 5.32 Å². The summed E-state index contributed by atoms with van der Waals surface area (Å²) >= 11 is 3.30. The standard InChI is InChI=1S/C15H10BrFN2O/c16-9-5-6-13-11(7-9)15(18-8-14(20)19-13)10-3-1-2-4-12(10)17/h1-7H,8H2,(H,19,20)/i1D,2D,3D,4D,8+1,14+1. The SMILES string of the molecule is [2H]c1c([2H])c([2H])c(C2=N[13CH2][13C](=O)Nc3ccc(Br)cc32)c(F)c1[2H]. The molecule has 3 nitrogen and oxygen atoms in total. The van der Waals surface area contributed by atoms with Gasteiger partial charge in [0, 0.05) is 15.6 Å². The van der Waals surface area contributed by atoms with Crippen LogP contribution in [0.3, 0.4) is 0 Å². The Morgan fingerprint density at radius 1 is 1.30 bits per heavy atom. The smallest absolute Gasteiger partial charge is 0.246 e. The predicted molar refractivity (Wildman–Crippen MR) is 79.7 cm³/mol. The minimum absolute atomic E-state index is 0.00847. The van der Waals surface area contributed by atoms with E-state index < -0.39 is 35.9 Å². The van der Waals surface area contributed by atoms with E-state index in [1.165, 1.54) is 0 Å². The summed E-state index contributed by atoms with van der Waals surface area (Å²) < 4.78 is 46.2. The second-order valence-electron chi connectivity index (χ2n) is 4.09. The van der Waals surface area contributed by atoms with Crippen LogP contribution in [0.25, 0.3) is 0 Å². The van der Waals surface area contributed by atoms with E-state index in [-0.39, 0.29) is 17.8 Å². The van der Waals surface area contributed by atoms with Gasteiger partial charge in [0.2, 0.25) is 5.91 Å². The van der Waals surface area contributed by atoms with Gasteiger partial charge >= 0.3 is 0 Å². The topological polar surface area (TPSA) is 41.5 Å². The second-order valence-corrected chi connectivity index (χ2v) is 5.01. The highest BCUT2D eigenvalue weighted by Crippen LogP contribution is 2.27. The number of anilines is 1. The summed E-state index contributed by atoms with van der Waals surface area (Å²) in [4.78, 5) is 15.9. The number of fused-ring (bicyclic) bond motifs is 1. The van der Waals surface area contributed by atoms with Gasteiger partial charge in [-0.2, -0.15) is 0 Å². The fraction of sp³-hybridized carbons (Fsp3) is 0.0667. The number of rotatable bonds is 1. The van der Waals surface area contributed by atoms with Crippen LogP contribution >= 0.6 is 15.9 Å². The second kappa shape index (κ2) is 5.17. The number of hydrogen-bond donors (Lipinski definition) is 1. The highest BCUT2D eigenvalue weighted by molar-refractivity contribution is 9.10. The lowest BCUT2D eigenvalue weighted by atomic mass is 10.0. The first kappa shape index (κ1) is 9.02. The Balaban J connectivity index is 2.35. The lowest BCUT2D eigenvalue weighted by molar-refractivity contribution is -0.114. The van der Waals surface area contributed by atoms with Crippen molar-refractivity contribution in [3.63, 3.8) is 0 Å². The van der Waals surface area contributed by atoms with Gasteiger partial charge in [0.15, 0.2) is 0 Å². The third kappa shape index (κ3) is 2.36. The van der Waals surface area contributed by atoms with Crippen molar-refractivity contribution >= 4 is 33.2 Å². The van der Waals surface area contributed by atoms with Crippen LogP contribution in [0, 0.1) is 5.82 Å². The van der Waals surface area contributed by atoms with Crippen molar-refractivity contribution in [1.82, 2.24) is 0 Å². The normalized spacial score (nSPS) is 16.9. The van der Waals surface area contributed by atoms with Crippen LogP contribution in [0.4, 0.5) is 10.1 Å². The zero-order chi connectivity index (χ0) is 17.6. The van der Waals surface area contributed by atoms with Crippen molar-refractivity contribution in [3.8, 4) is 0 Å². The summed E-state index contributed by atoms with van der Waals surface area (Å²) in [6.07, 6.45) is 0. The molecule has 100 valence electrons. The monoisotopic (exact) mass is 338 g/mol. The molecule has 1 amide bonds. The van der Waals surface area contributed by atoms with Crippen LogP contribution in [0.1, 0.15) is 16.6 Å². The minimum atomic E-state index is -1.10. The molecule has 2 aromatic rings. The lowest BCUT2D eigenvalue weighted by Gasteiger charge is -2.11. The molecule has 1 N–H and O–H groups in total. The number of aliphatic imine (C=N–C) groups is 1. The summed E-state index contributed by atoms with van der Waals surface area (Å²) in [5.41, 5.74) is 0.427. The molecular weight excluding hydrogens is 325 g/mol. The van der Waals surface area contributed by atoms with Gasteiger partial charge in [0.25, 0.3) is 0 Å². The Labute approximate surface area is 129 Å². The molecule has 0 aliphatic carbocycles. The molecular formula is C15H10BrFN2O. The van der Waals surface area contributed by atoms with Crippen LogP contribution in [0.15, 0.2) is 51.8 Å². The summed E-state index contributed by atoms with van der Waals surface area (Å²) in [5.74, 6) is -1.49. The van der Waals surface area contributed by atoms with Crippen LogP contribution in [-0.2, 0) is 4.79 Å². The maximum atomic E-state index is 14.6. The first-order chi connectivity index (χ1) is 11.3. The van der Waals surface area contributed by atoms with E-state index in [0.29, 0.717) is 15.7 Å². The van der Waals surface area contributed by atoms with E-state index in [1.54, 1.807) is 18.2 Å². The Morgan fingerprint density at radius 3 is 2.95 bits per heavy atom. The largest absolute Gasteiger partial charge is 0.324 e. The molecule has 1 aliphatic heterocycles. The third-order valence-electron chi connectivity index (χ3n) is 2.77. The fourth-order valence-corrected chi connectivity index (χ4v) is 2.28. The van der Waals surface area contributed by atoms with Crippen LogP contribution in [0.5, 0.6) is 0 Å². The quantitative estimate of drug-likeness (QED) is 0.795. The molecule has 0 radical (unpaired) electrons. The molecule has 0 spiro atoms. The third-order valence-corrected chi connectivity index (χ3v) is 3.26. The fourth-order valence-electron chi connectivity index (χ4n) is 1.92. The molecule has 0 saturated carbocycles. The van der Waals surface area contributed by atoms with Crippen molar-refractivity contribution in [2.75, 3.05) is 11.9 Å². The zero-order valence-electron chi connectivity index (χ0n) is 14.1. The summed E-state index contributed by atoms with van der Waals surface area (Å²) in [7, 11) is 0. The van der Waals surface area contributed by atoms with Gasteiger partial charge in [-0.15, -0.1) is 0 Å². The zero-order valence-corrected chi connectivity index (χ0v) is 11.6. The van der Waals surface area contributed by atoms with Crippen molar-refractivity contribution in [2.45, 2.75) is 0 Å². The van der Waals surface area contributed by atoms with Gasteiger partial charge in [0.05, 0.1) is 16.9 Å². The highest BCUT2D eigenvalue weighted by Gasteiger charge is 2.20. The highest BCUT2D eigenvalue weighted by atomic mass is 79.9. The molecule has 1 aliphatic rings. The number of amides is 1. The van der Waals surface area contributed by atoms with Gasteiger partial charge in [0.1, 0.15) is 12.4 Å². The molecule has 0 unspecified atom stereocenters. The summed E-state index contributed by atoms with van der Waals surface area (Å²) in [6.45, 7) is -0.274. The van der Waals surface area contributed by atoms with E-state index in [2.05, 4.69) is 26.2 Å². The molecule has 0 saturated heterocycles. The van der Waals surface area contributed by atoms with Crippen LogP contribution in [0.2, 0.25) is 0 Å². The van der Waals surface area contributed by atoms with Gasteiger partial charge in [-0.25, -0.2) is 4.39 Å².